The molecule has 8 nitrogen and oxygen atoms in total. The number of urea groups is 1. The Labute approximate surface area is 220 Å². The lowest BCUT2D eigenvalue weighted by molar-refractivity contribution is -0.136. The van der Waals surface area contributed by atoms with Gasteiger partial charge in [-0.15, -0.1) is 0 Å². The second-order valence-electron chi connectivity index (χ2n) is 10.9. The molecule has 8 heteroatoms. The maximum Gasteiger partial charge on any atom is 0.326 e. The van der Waals surface area contributed by atoms with Gasteiger partial charge in [-0.3, -0.25) is 9.59 Å². The minimum atomic E-state index is -1.28. The number of benzene rings is 3. The molecule has 38 heavy (non-hydrogen) atoms. The lowest BCUT2D eigenvalue weighted by Crippen LogP contribution is -2.47. The summed E-state index contributed by atoms with van der Waals surface area (Å²) >= 11 is 0. The van der Waals surface area contributed by atoms with Gasteiger partial charge >= 0.3 is 6.03 Å². The van der Waals surface area contributed by atoms with Gasteiger partial charge in [-0.2, -0.15) is 0 Å². The highest BCUT2D eigenvalue weighted by Crippen LogP contribution is 2.37. The van der Waals surface area contributed by atoms with Gasteiger partial charge < -0.3 is 19.8 Å². The van der Waals surface area contributed by atoms with E-state index >= 15 is 0 Å². The van der Waals surface area contributed by atoms with E-state index in [1.165, 1.54) is 14.0 Å². The number of furan rings is 1. The van der Waals surface area contributed by atoms with Gasteiger partial charge in [0, 0.05) is 16.8 Å². The standard InChI is InChI=1S/C30H31N3O5/c1-17(33-27(35)30(5,32-28(33)36)19-13-11-18(12-14-19)29(2,3)4)26(34)31-22-16-24-21(15-25(22)37-6)20-9-7-8-10-23(20)38-24/h7-17H,1-6H3,(H,31,34)(H,32,36)/t17-,30+/m1/s1. The van der Waals surface area contributed by atoms with E-state index in [4.69, 9.17) is 9.15 Å². The average molecular weight is 514 g/mol. The molecule has 0 saturated carbocycles. The summed E-state index contributed by atoms with van der Waals surface area (Å²) in [6.45, 7) is 9.50. The first-order chi connectivity index (χ1) is 17.9. The first-order valence-corrected chi connectivity index (χ1v) is 12.5. The predicted octanol–water partition coefficient (Wildman–Crippen LogP) is 5.69. The molecule has 0 aliphatic carbocycles. The van der Waals surface area contributed by atoms with Crippen molar-refractivity contribution in [2.24, 2.45) is 0 Å². The molecule has 0 spiro atoms. The lowest BCUT2D eigenvalue weighted by Gasteiger charge is -2.26. The summed E-state index contributed by atoms with van der Waals surface area (Å²) in [6, 6.07) is 17.0. The molecule has 0 bridgehead atoms. The van der Waals surface area contributed by atoms with Crippen LogP contribution in [0.25, 0.3) is 21.9 Å². The smallest absolute Gasteiger partial charge is 0.326 e. The lowest BCUT2D eigenvalue weighted by atomic mass is 9.84. The van der Waals surface area contributed by atoms with Crippen LogP contribution in [0, 0.1) is 0 Å². The highest BCUT2D eigenvalue weighted by molar-refractivity contribution is 6.12. The SMILES string of the molecule is COc1cc2c(cc1NC(=O)[C@@H](C)N1C(=O)N[C@@](C)(c3ccc(C(C)(C)C)cc3)C1=O)oc1ccccc12. The number of carbonyl (C=O) groups is 3. The quantitative estimate of drug-likeness (QED) is 0.334. The second-order valence-corrected chi connectivity index (χ2v) is 10.9. The van der Waals surface area contributed by atoms with Gasteiger partial charge in [0.25, 0.3) is 5.91 Å². The molecule has 1 fully saturated rings. The number of anilines is 1. The Morgan fingerprint density at radius 3 is 2.37 bits per heavy atom. The predicted molar refractivity (Wildman–Crippen MR) is 146 cm³/mol. The summed E-state index contributed by atoms with van der Waals surface area (Å²) in [4.78, 5) is 40.8. The normalized spacial score (nSPS) is 18.6. The summed E-state index contributed by atoms with van der Waals surface area (Å²) in [5, 5.41) is 7.38. The van der Waals surface area contributed by atoms with Gasteiger partial charge in [0.05, 0.1) is 12.8 Å². The number of carbonyl (C=O) groups excluding carboxylic acids is 3. The largest absolute Gasteiger partial charge is 0.495 e. The maximum atomic E-state index is 13.5. The third-order valence-corrected chi connectivity index (χ3v) is 7.27. The molecule has 196 valence electrons. The van der Waals surface area contributed by atoms with Crippen LogP contribution in [0.4, 0.5) is 10.5 Å². The average Bonchev–Trinajstić information content (AvgIpc) is 3.35. The molecule has 2 N–H and O–H groups in total. The van der Waals surface area contributed by atoms with Crippen molar-refractivity contribution in [2.75, 3.05) is 12.4 Å². The fraction of sp³-hybridized carbons (Fsp3) is 0.300. The molecule has 4 amide bonds. The van der Waals surface area contributed by atoms with Crippen molar-refractivity contribution < 1.29 is 23.5 Å². The van der Waals surface area contributed by atoms with Gasteiger partial charge in [-0.1, -0.05) is 63.2 Å². The van der Waals surface area contributed by atoms with Crippen molar-refractivity contribution in [3.8, 4) is 5.75 Å². The topological polar surface area (TPSA) is 101 Å². The third-order valence-electron chi connectivity index (χ3n) is 7.27. The third kappa shape index (κ3) is 4.06. The van der Waals surface area contributed by atoms with Crippen molar-refractivity contribution in [3.05, 3.63) is 71.8 Å². The molecule has 2 atom stereocenters. The molecular weight excluding hydrogens is 482 g/mol. The van der Waals surface area contributed by atoms with E-state index in [2.05, 4.69) is 31.4 Å². The molecule has 1 aromatic heterocycles. The van der Waals surface area contributed by atoms with Crippen molar-refractivity contribution >= 4 is 45.5 Å². The highest BCUT2D eigenvalue weighted by atomic mass is 16.5. The number of hydrogen-bond donors (Lipinski definition) is 2. The maximum absolute atomic E-state index is 13.5. The molecule has 5 rings (SSSR count). The van der Waals surface area contributed by atoms with Crippen LogP contribution in [0.2, 0.25) is 0 Å². The molecule has 4 aromatic rings. The molecule has 0 radical (unpaired) electrons. The van der Waals surface area contributed by atoms with Gasteiger partial charge in [0.2, 0.25) is 5.91 Å². The van der Waals surface area contributed by atoms with Crippen LogP contribution in [0.3, 0.4) is 0 Å². The summed E-state index contributed by atoms with van der Waals surface area (Å²) in [5.41, 5.74) is 2.10. The van der Waals surface area contributed by atoms with Gasteiger partial charge in [-0.05, 0) is 42.5 Å². The fourth-order valence-corrected chi connectivity index (χ4v) is 4.88. The van der Waals surface area contributed by atoms with Crippen LogP contribution in [-0.4, -0.2) is 35.9 Å². The van der Waals surface area contributed by atoms with Crippen LogP contribution in [0.5, 0.6) is 5.75 Å². The Bertz CT molecular complexity index is 1580. The minimum Gasteiger partial charge on any atom is -0.495 e. The number of rotatable bonds is 5. The first-order valence-electron chi connectivity index (χ1n) is 12.5. The first kappa shape index (κ1) is 25.3. The van der Waals surface area contributed by atoms with Crippen LogP contribution >= 0.6 is 0 Å². The van der Waals surface area contributed by atoms with Crippen LogP contribution < -0.4 is 15.4 Å². The van der Waals surface area contributed by atoms with Crippen molar-refractivity contribution in [3.63, 3.8) is 0 Å². The zero-order valence-electron chi connectivity index (χ0n) is 22.3. The van der Waals surface area contributed by atoms with E-state index in [0.717, 1.165) is 26.8 Å². The molecule has 1 aliphatic rings. The number of fused-ring (bicyclic) bond motifs is 3. The van der Waals surface area contributed by atoms with Gasteiger partial charge in [0.1, 0.15) is 28.5 Å². The number of amides is 4. The van der Waals surface area contributed by atoms with Gasteiger partial charge in [0.15, 0.2) is 0 Å². The molecule has 0 unspecified atom stereocenters. The number of nitrogens with one attached hydrogen (secondary N) is 2. The molecule has 1 saturated heterocycles. The van der Waals surface area contributed by atoms with E-state index < -0.39 is 29.4 Å². The Morgan fingerprint density at radius 2 is 1.71 bits per heavy atom. The van der Waals surface area contributed by atoms with Gasteiger partial charge in [-0.25, -0.2) is 9.69 Å². The van der Waals surface area contributed by atoms with E-state index in [1.807, 2.05) is 48.5 Å². The number of imide groups is 1. The number of hydrogen-bond acceptors (Lipinski definition) is 5. The van der Waals surface area contributed by atoms with Crippen molar-refractivity contribution in [1.82, 2.24) is 10.2 Å². The molecule has 3 aromatic carbocycles. The summed E-state index contributed by atoms with van der Waals surface area (Å²) < 4.78 is 11.5. The zero-order chi connectivity index (χ0) is 27.4. The minimum absolute atomic E-state index is 0.0482. The summed E-state index contributed by atoms with van der Waals surface area (Å²) in [6.07, 6.45) is 0. The number of para-hydroxylation sites is 1. The van der Waals surface area contributed by atoms with E-state index in [0.29, 0.717) is 22.6 Å². The molecule has 2 heterocycles. The Hall–Kier alpha value is -4.33. The van der Waals surface area contributed by atoms with Crippen molar-refractivity contribution in [2.45, 2.75) is 51.6 Å². The van der Waals surface area contributed by atoms with E-state index in [1.54, 1.807) is 19.1 Å². The number of nitrogens with zero attached hydrogens (tertiary/aromatic N) is 1. The summed E-state index contributed by atoms with van der Waals surface area (Å²) in [7, 11) is 1.51. The highest BCUT2D eigenvalue weighted by Gasteiger charge is 2.51. The molecule has 1 aliphatic heterocycles. The Morgan fingerprint density at radius 1 is 1.03 bits per heavy atom. The van der Waals surface area contributed by atoms with E-state index in [-0.39, 0.29) is 5.41 Å². The fourth-order valence-electron chi connectivity index (χ4n) is 4.88. The Kier molecular flexibility index (Phi) is 5.93. The number of ether oxygens (including phenoxy) is 1. The van der Waals surface area contributed by atoms with Crippen molar-refractivity contribution in [1.29, 1.82) is 0 Å². The number of methoxy groups -OCH3 is 1. The van der Waals surface area contributed by atoms with E-state index in [9.17, 15) is 14.4 Å². The van der Waals surface area contributed by atoms with Crippen LogP contribution in [-0.2, 0) is 20.5 Å². The van der Waals surface area contributed by atoms with Crippen LogP contribution in [0.1, 0.15) is 45.7 Å². The second kappa shape index (κ2) is 8.90. The molecular formula is C30H31N3O5. The summed E-state index contributed by atoms with van der Waals surface area (Å²) in [5.74, 6) is -0.589. The zero-order valence-corrected chi connectivity index (χ0v) is 22.3. The Balaban J connectivity index is 1.40. The van der Waals surface area contributed by atoms with Crippen LogP contribution in [0.15, 0.2) is 65.1 Å². The monoisotopic (exact) mass is 513 g/mol.